The van der Waals surface area contributed by atoms with Crippen LogP contribution in [-0.4, -0.2) is 22.4 Å². The van der Waals surface area contributed by atoms with Crippen molar-refractivity contribution in [1.82, 2.24) is 15.1 Å². The van der Waals surface area contributed by atoms with Gasteiger partial charge in [0.1, 0.15) is 0 Å². The molecule has 1 unspecified atom stereocenters. The SMILES string of the molecule is CCNC(Cc1cc(CC)nn1CC)CC(C)C. The van der Waals surface area contributed by atoms with Crippen LogP contribution in [0, 0.1) is 5.92 Å². The van der Waals surface area contributed by atoms with E-state index in [-0.39, 0.29) is 0 Å². The molecule has 0 saturated heterocycles. The first-order chi connectivity index (χ1) is 8.60. The monoisotopic (exact) mass is 251 g/mol. The number of likely N-dealkylation sites (N-methyl/N-ethyl adjacent to an activating group) is 1. The first-order valence-corrected chi connectivity index (χ1v) is 7.39. The van der Waals surface area contributed by atoms with E-state index in [1.54, 1.807) is 0 Å². The quantitative estimate of drug-likeness (QED) is 0.769. The maximum Gasteiger partial charge on any atom is 0.0624 e. The van der Waals surface area contributed by atoms with Gasteiger partial charge in [0, 0.05) is 24.7 Å². The van der Waals surface area contributed by atoms with E-state index in [4.69, 9.17) is 0 Å². The Kier molecular flexibility index (Phi) is 6.41. The van der Waals surface area contributed by atoms with E-state index in [1.807, 2.05) is 0 Å². The van der Waals surface area contributed by atoms with E-state index in [9.17, 15) is 0 Å². The lowest BCUT2D eigenvalue weighted by molar-refractivity contribution is 0.413. The highest BCUT2D eigenvalue weighted by Crippen LogP contribution is 2.13. The van der Waals surface area contributed by atoms with E-state index in [2.05, 4.69) is 55.8 Å². The van der Waals surface area contributed by atoms with E-state index in [1.165, 1.54) is 17.8 Å². The summed E-state index contributed by atoms with van der Waals surface area (Å²) in [6.07, 6.45) is 3.34. The molecule has 0 aliphatic rings. The average Bonchev–Trinajstić information content (AvgIpc) is 2.71. The minimum absolute atomic E-state index is 0.571. The fourth-order valence-electron chi connectivity index (χ4n) is 2.47. The second-order valence-corrected chi connectivity index (χ2v) is 5.38. The maximum absolute atomic E-state index is 4.63. The highest BCUT2D eigenvalue weighted by molar-refractivity contribution is 5.12. The van der Waals surface area contributed by atoms with Gasteiger partial charge >= 0.3 is 0 Å². The molecule has 0 bridgehead atoms. The third-order valence-electron chi connectivity index (χ3n) is 3.28. The maximum atomic E-state index is 4.63. The Morgan fingerprint density at radius 2 is 2.00 bits per heavy atom. The minimum Gasteiger partial charge on any atom is -0.314 e. The molecular formula is C15H29N3. The molecule has 0 fully saturated rings. The van der Waals surface area contributed by atoms with E-state index < -0.39 is 0 Å². The lowest BCUT2D eigenvalue weighted by Gasteiger charge is -2.20. The molecule has 104 valence electrons. The number of hydrogen-bond donors (Lipinski definition) is 1. The molecule has 3 nitrogen and oxygen atoms in total. The molecule has 3 heteroatoms. The topological polar surface area (TPSA) is 29.9 Å². The number of rotatable bonds is 8. The van der Waals surface area contributed by atoms with Crippen LogP contribution in [-0.2, 0) is 19.4 Å². The standard InChI is InChI=1S/C15H29N3/c1-6-13-10-15(18(8-3)17-13)11-14(16-7-2)9-12(4)5/h10,12,14,16H,6-9,11H2,1-5H3. The highest BCUT2D eigenvalue weighted by atomic mass is 15.3. The Morgan fingerprint density at radius 3 is 2.50 bits per heavy atom. The summed E-state index contributed by atoms with van der Waals surface area (Å²) in [6, 6.07) is 2.84. The van der Waals surface area contributed by atoms with Gasteiger partial charge in [-0.15, -0.1) is 0 Å². The summed E-state index contributed by atoms with van der Waals surface area (Å²) in [5.74, 6) is 0.734. The molecule has 0 aliphatic heterocycles. The Bertz CT molecular complexity index is 342. The second-order valence-electron chi connectivity index (χ2n) is 5.38. The first-order valence-electron chi connectivity index (χ1n) is 7.39. The fraction of sp³-hybridized carbons (Fsp3) is 0.800. The van der Waals surface area contributed by atoms with Crippen molar-refractivity contribution in [2.45, 2.75) is 66.5 Å². The van der Waals surface area contributed by atoms with Gasteiger partial charge in [-0.25, -0.2) is 0 Å². The number of nitrogens with zero attached hydrogens (tertiary/aromatic N) is 2. The van der Waals surface area contributed by atoms with Gasteiger partial charge < -0.3 is 5.32 Å². The summed E-state index contributed by atoms with van der Waals surface area (Å²) in [7, 11) is 0. The van der Waals surface area contributed by atoms with Crippen molar-refractivity contribution < 1.29 is 0 Å². The molecule has 0 saturated carbocycles. The van der Waals surface area contributed by atoms with Gasteiger partial charge in [-0.05, 0) is 38.3 Å². The van der Waals surface area contributed by atoms with Crippen molar-refractivity contribution in [2.24, 2.45) is 5.92 Å². The van der Waals surface area contributed by atoms with Crippen LogP contribution in [0.5, 0.6) is 0 Å². The largest absolute Gasteiger partial charge is 0.314 e. The van der Waals surface area contributed by atoms with Crippen LogP contribution in [0.3, 0.4) is 0 Å². The molecule has 0 amide bonds. The summed E-state index contributed by atoms with van der Waals surface area (Å²) >= 11 is 0. The van der Waals surface area contributed by atoms with E-state index in [0.29, 0.717) is 6.04 Å². The van der Waals surface area contributed by atoms with Gasteiger partial charge in [0.15, 0.2) is 0 Å². The van der Waals surface area contributed by atoms with Crippen molar-refractivity contribution in [3.63, 3.8) is 0 Å². The lowest BCUT2D eigenvalue weighted by atomic mass is 9.99. The molecule has 1 N–H and O–H groups in total. The van der Waals surface area contributed by atoms with E-state index in [0.717, 1.165) is 31.8 Å². The summed E-state index contributed by atoms with van der Waals surface area (Å²) in [6.45, 7) is 13.1. The number of aromatic nitrogens is 2. The Hall–Kier alpha value is -0.830. The van der Waals surface area contributed by atoms with Crippen molar-refractivity contribution in [3.8, 4) is 0 Å². The van der Waals surface area contributed by atoms with Crippen LogP contribution in [0.25, 0.3) is 0 Å². The van der Waals surface area contributed by atoms with Gasteiger partial charge in [0.05, 0.1) is 5.69 Å². The van der Waals surface area contributed by atoms with Gasteiger partial charge in [-0.2, -0.15) is 5.10 Å². The molecular weight excluding hydrogens is 222 g/mol. The van der Waals surface area contributed by atoms with Crippen molar-refractivity contribution in [1.29, 1.82) is 0 Å². The summed E-state index contributed by atoms with van der Waals surface area (Å²) < 4.78 is 2.16. The Balaban J connectivity index is 2.75. The highest BCUT2D eigenvalue weighted by Gasteiger charge is 2.14. The normalized spacial score (nSPS) is 13.2. The third-order valence-corrected chi connectivity index (χ3v) is 3.28. The van der Waals surface area contributed by atoms with Gasteiger partial charge in [0.25, 0.3) is 0 Å². The van der Waals surface area contributed by atoms with E-state index >= 15 is 0 Å². The molecule has 1 aromatic rings. The zero-order valence-electron chi connectivity index (χ0n) is 12.7. The number of nitrogens with one attached hydrogen (secondary N) is 1. The molecule has 1 heterocycles. The third kappa shape index (κ3) is 4.45. The van der Waals surface area contributed by atoms with Gasteiger partial charge in [-0.3, -0.25) is 4.68 Å². The number of hydrogen-bond acceptors (Lipinski definition) is 2. The number of aryl methyl sites for hydroxylation is 2. The molecule has 0 aliphatic carbocycles. The first kappa shape index (κ1) is 15.2. The van der Waals surface area contributed by atoms with Crippen molar-refractivity contribution in [3.05, 3.63) is 17.5 Å². The van der Waals surface area contributed by atoms with Crippen LogP contribution in [0.4, 0.5) is 0 Å². The summed E-state index contributed by atoms with van der Waals surface area (Å²) in [5, 5.41) is 8.23. The Labute approximate surface area is 112 Å². The van der Waals surface area contributed by atoms with Crippen LogP contribution in [0.1, 0.15) is 52.4 Å². The van der Waals surface area contributed by atoms with Crippen LogP contribution in [0.15, 0.2) is 6.07 Å². The fourth-order valence-corrected chi connectivity index (χ4v) is 2.47. The van der Waals surface area contributed by atoms with Crippen LogP contribution < -0.4 is 5.32 Å². The molecule has 1 aromatic heterocycles. The smallest absolute Gasteiger partial charge is 0.0624 e. The molecule has 1 rings (SSSR count). The predicted molar refractivity (Wildman–Crippen MR) is 77.9 cm³/mol. The zero-order chi connectivity index (χ0) is 13.5. The van der Waals surface area contributed by atoms with Crippen LogP contribution >= 0.6 is 0 Å². The van der Waals surface area contributed by atoms with Crippen molar-refractivity contribution >= 4 is 0 Å². The lowest BCUT2D eigenvalue weighted by Crippen LogP contribution is -2.33. The molecule has 0 radical (unpaired) electrons. The minimum atomic E-state index is 0.571. The summed E-state index contributed by atoms with van der Waals surface area (Å²) in [5.41, 5.74) is 2.59. The van der Waals surface area contributed by atoms with Gasteiger partial charge in [0.2, 0.25) is 0 Å². The zero-order valence-corrected chi connectivity index (χ0v) is 12.7. The molecule has 18 heavy (non-hydrogen) atoms. The second kappa shape index (κ2) is 7.57. The average molecular weight is 251 g/mol. The molecule has 0 spiro atoms. The van der Waals surface area contributed by atoms with Crippen molar-refractivity contribution in [2.75, 3.05) is 6.54 Å². The molecule has 0 aromatic carbocycles. The summed E-state index contributed by atoms with van der Waals surface area (Å²) in [4.78, 5) is 0. The predicted octanol–water partition coefficient (Wildman–Crippen LogP) is 3.03. The Morgan fingerprint density at radius 1 is 1.28 bits per heavy atom. The van der Waals surface area contributed by atoms with Crippen LogP contribution in [0.2, 0.25) is 0 Å². The molecule has 1 atom stereocenters. The van der Waals surface area contributed by atoms with Gasteiger partial charge in [-0.1, -0.05) is 27.7 Å².